The second-order valence-electron chi connectivity index (χ2n) is 3.57. The van der Waals surface area contributed by atoms with E-state index in [-0.39, 0.29) is 16.7 Å². The molecule has 0 unspecified atom stereocenters. The number of anilines is 2. The van der Waals surface area contributed by atoms with Crippen LogP contribution < -0.4 is 5.32 Å². The Morgan fingerprint density at radius 3 is 2.59 bits per heavy atom. The topological polar surface area (TPSA) is 24.9 Å². The summed E-state index contributed by atoms with van der Waals surface area (Å²) >= 11 is 5.58. The maximum absolute atomic E-state index is 13.4. The number of rotatable bonds is 2. The molecule has 5 heteroatoms. The Hall–Kier alpha value is -1.68. The molecule has 0 saturated heterocycles. The molecule has 1 aromatic carbocycles. The molecule has 1 N–H and O–H groups in total. The Kier molecular flexibility index (Phi) is 3.24. The number of halogens is 3. The largest absolute Gasteiger partial charge is 0.338 e. The van der Waals surface area contributed by atoms with Gasteiger partial charge >= 0.3 is 0 Å². The van der Waals surface area contributed by atoms with Crippen LogP contribution in [-0.4, -0.2) is 4.98 Å². The van der Waals surface area contributed by atoms with Gasteiger partial charge in [-0.25, -0.2) is 13.8 Å². The smallest absolute Gasteiger partial charge is 0.167 e. The fraction of sp³-hybridized carbons (Fsp3) is 0.0833. The normalized spacial score (nSPS) is 10.4. The van der Waals surface area contributed by atoms with E-state index in [4.69, 9.17) is 11.6 Å². The molecule has 0 amide bonds. The Morgan fingerprint density at radius 2 is 1.94 bits per heavy atom. The zero-order chi connectivity index (χ0) is 12.4. The van der Waals surface area contributed by atoms with Gasteiger partial charge in [0.2, 0.25) is 0 Å². The van der Waals surface area contributed by atoms with Crippen molar-refractivity contribution < 1.29 is 8.78 Å². The van der Waals surface area contributed by atoms with Crippen molar-refractivity contribution in [1.82, 2.24) is 4.98 Å². The molecule has 1 heterocycles. The van der Waals surface area contributed by atoms with E-state index < -0.39 is 5.82 Å². The molecule has 0 radical (unpaired) electrons. The second-order valence-corrected chi connectivity index (χ2v) is 4.01. The third kappa shape index (κ3) is 2.71. The van der Waals surface area contributed by atoms with Crippen molar-refractivity contribution in [1.29, 1.82) is 0 Å². The molecule has 88 valence electrons. The summed E-state index contributed by atoms with van der Waals surface area (Å²) in [6.07, 6.45) is 1.32. The maximum Gasteiger partial charge on any atom is 0.167 e. The first kappa shape index (κ1) is 11.8. The summed E-state index contributed by atoms with van der Waals surface area (Å²) < 4.78 is 26.7. The van der Waals surface area contributed by atoms with Crippen LogP contribution in [0.4, 0.5) is 20.3 Å². The predicted molar refractivity (Wildman–Crippen MR) is 63.6 cm³/mol. The molecule has 17 heavy (non-hydrogen) atoms. The Labute approximate surface area is 102 Å². The first-order chi connectivity index (χ1) is 8.06. The Morgan fingerprint density at radius 1 is 1.18 bits per heavy atom. The average Bonchev–Trinajstić information content (AvgIpc) is 2.27. The van der Waals surface area contributed by atoms with Gasteiger partial charge in [0, 0.05) is 11.9 Å². The van der Waals surface area contributed by atoms with Crippen LogP contribution in [0, 0.1) is 18.6 Å². The third-order valence-corrected chi connectivity index (χ3v) is 2.45. The van der Waals surface area contributed by atoms with E-state index in [2.05, 4.69) is 10.3 Å². The highest BCUT2D eigenvalue weighted by molar-refractivity contribution is 6.30. The lowest BCUT2D eigenvalue weighted by Crippen LogP contribution is -1.97. The highest BCUT2D eigenvalue weighted by Crippen LogP contribution is 2.21. The van der Waals surface area contributed by atoms with Gasteiger partial charge in [0.05, 0.1) is 5.02 Å². The zero-order valence-electron chi connectivity index (χ0n) is 8.97. The SMILES string of the molecule is Cc1ccc(Nc2ncc(Cl)cc2F)cc1F. The first-order valence-corrected chi connectivity index (χ1v) is 5.28. The van der Waals surface area contributed by atoms with Crippen LogP contribution in [-0.2, 0) is 0 Å². The van der Waals surface area contributed by atoms with E-state index in [1.807, 2.05) is 0 Å². The number of nitrogens with one attached hydrogen (secondary N) is 1. The molecule has 0 saturated carbocycles. The number of nitrogens with zero attached hydrogens (tertiary/aromatic N) is 1. The second kappa shape index (κ2) is 4.67. The minimum absolute atomic E-state index is 0.0117. The van der Waals surface area contributed by atoms with Gasteiger partial charge in [-0.05, 0) is 30.7 Å². The highest BCUT2D eigenvalue weighted by Gasteiger charge is 2.06. The molecule has 1 aromatic heterocycles. The summed E-state index contributed by atoms with van der Waals surface area (Å²) in [6, 6.07) is 5.67. The van der Waals surface area contributed by atoms with E-state index in [0.29, 0.717) is 11.3 Å². The lowest BCUT2D eigenvalue weighted by atomic mass is 10.2. The predicted octanol–water partition coefficient (Wildman–Crippen LogP) is 4.07. The molecule has 0 fully saturated rings. The number of pyridine rings is 1. The lowest BCUT2D eigenvalue weighted by molar-refractivity contribution is 0.618. The molecule has 2 rings (SSSR count). The molecule has 0 aliphatic rings. The first-order valence-electron chi connectivity index (χ1n) is 4.90. The summed E-state index contributed by atoms with van der Waals surface area (Å²) in [7, 11) is 0. The monoisotopic (exact) mass is 254 g/mol. The van der Waals surface area contributed by atoms with Crippen molar-refractivity contribution >= 4 is 23.1 Å². The molecular formula is C12H9ClF2N2. The molecule has 0 spiro atoms. The summed E-state index contributed by atoms with van der Waals surface area (Å²) in [6.45, 7) is 1.65. The maximum atomic E-state index is 13.4. The molecule has 0 bridgehead atoms. The van der Waals surface area contributed by atoms with Crippen LogP contribution in [0.3, 0.4) is 0 Å². The van der Waals surface area contributed by atoms with Crippen molar-refractivity contribution in [3.8, 4) is 0 Å². The van der Waals surface area contributed by atoms with Gasteiger partial charge in [0.25, 0.3) is 0 Å². The third-order valence-electron chi connectivity index (χ3n) is 2.24. The molecular weight excluding hydrogens is 246 g/mol. The number of aromatic nitrogens is 1. The van der Waals surface area contributed by atoms with E-state index in [9.17, 15) is 8.78 Å². The minimum atomic E-state index is -0.585. The zero-order valence-corrected chi connectivity index (χ0v) is 9.72. The van der Waals surface area contributed by atoms with E-state index in [0.717, 1.165) is 6.07 Å². The molecule has 2 aromatic rings. The minimum Gasteiger partial charge on any atom is -0.338 e. The molecule has 0 aliphatic carbocycles. The summed E-state index contributed by atoms with van der Waals surface area (Å²) in [5.74, 6) is -0.930. The fourth-order valence-corrected chi connectivity index (χ4v) is 1.46. The number of aryl methyl sites for hydroxylation is 1. The van der Waals surface area contributed by atoms with Gasteiger partial charge in [-0.1, -0.05) is 17.7 Å². The van der Waals surface area contributed by atoms with Crippen molar-refractivity contribution in [3.63, 3.8) is 0 Å². The number of hydrogen-bond acceptors (Lipinski definition) is 2. The molecule has 2 nitrogen and oxygen atoms in total. The standard InChI is InChI=1S/C12H9ClF2N2/c1-7-2-3-9(5-10(7)14)17-12-11(15)4-8(13)6-16-12/h2-6H,1H3,(H,16,17). The van der Waals surface area contributed by atoms with Crippen molar-refractivity contribution in [2.75, 3.05) is 5.32 Å². The van der Waals surface area contributed by atoms with Crippen LogP contribution in [0.2, 0.25) is 5.02 Å². The highest BCUT2D eigenvalue weighted by atomic mass is 35.5. The van der Waals surface area contributed by atoms with Crippen molar-refractivity contribution in [2.45, 2.75) is 6.92 Å². The van der Waals surface area contributed by atoms with E-state index >= 15 is 0 Å². The van der Waals surface area contributed by atoms with Crippen molar-refractivity contribution in [2.24, 2.45) is 0 Å². The Balaban J connectivity index is 2.28. The summed E-state index contributed by atoms with van der Waals surface area (Å²) in [4.78, 5) is 3.78. The van der Waals surface area contributed by atoms with Gasteiger partial charge in [0.15, 0.2) is 11.6 Å². The summed E-state index contributed by atoms with van der Waals surface area (Å²) in [5, 5.41) is 2.89. The molecule has 0 atom stereocenters. The van der Waals surface area contributed by atoms with Crippen LogP contribution in [0.1, 0.15) is 5.56 Å². The quantitative estimate of drug-likeness (QED) is 0.874. The summed E-state index contributed by atoms with van der Waals surface area (Å²) in [5.41, 5.74) is 0.960. The molecule has 0 aliphatic heterocycles. The van der Waals surface area contributed by atoms with Crippen LogP contribution in [0.5, 0.6) is 0 Å². The van der Waals surface area contributed by atoms with E-state index in [1.54, 1.807) is 19.1 Å². The van der Waals surface area contributed by atoms with Gasteiger partial charge < -0.3 is 5.32 Å². The van der Waals surface area contributed by atoms with Gasteiger partial charge in [0.1, 0.15) is 5.82 Å². The van der Waals surface area contributed by atoms with Gasteiger partial charge in [-0.3, -0.25) is 0 Å². The van der Waals surface area contributed by atoms with Crippen molar-refractivity contribution in [3.05, 3.63) is 52.7 Å². The average molecular weight is 255 g/mol. The van der Waals surface area contributed by atoms with E-state index in [1.165, 1.54) is 12.3 Å². The number of benzene rings is 1. The van der Waals surface area contributed by atoms with Gasteiger partial charge in [-0.2, -0.15) is 0 Å². The number of hydrogen-bond donors (Lipinski definition) is 1. The Bertz CT molecular complexity index is 558. The van der Waals surface area contributed by atoms with Crippen LogP contribution in [0.25, 0.3) is 0 Å². The van der Waals surface area contributed by atoms with Crippen LogP contribution in [0.15, 0.2) is 30.5 Å². The lowest BCUT2D eigenvalue weighted by Gasteiger charge is -2.07. The van der Waals surface area contributed by atoms with Crippen LogP contribution >= 0.6 is 11.6 Å². The fourth-order valence-electron chi connectivity index (χ4n) is 1.31. The van der Waals surface area contributed by atoms with Gasteiger partial charge in [-0.15, -0.1) is 0 Å².